The van der Waals surface area contributed by atoms with Crippen LogP contribution in [0.4, 0.5) is 11.4 Å². The summed E-state index contributed by atoms with van der Waals surface area (Å²) in [6.45, 7) is 3.31. The molecule has 0 saturated carbocycles. The summed E-state index contributed by atoms with van der Waals surface area (Å²) >= 11 is 3.45. The first-order chi connectivity index (χ1) is 10.1. The van der Waals surface area contributed by atoms with E-state index in [9.17, 15) is 10.1 Å². The van der Waals surface area contributed by atoms with Crippen LogP contribution in [0.5, 0.6) is 0 Å². The number of benzene rings is 1. The Hall–Kier alpha value is -1.18. The number of rotatable bonds is 7. The van der Waals surface area contributed by atoms with E-state index in [0.717, 1.165) is 36.2 Å². The van der Waals surface area contributed by atoms with E-state index < -0.39 is 0 Å². The number of hydrogen-bond acceptors (Lipinski definition) is 5. The number of anilines is 1. The van der Waals surface area contributed by atoms with Gasteiger partial charge in [-0.05, 0) is 41.4 Å². The van der Waals surface area contributed by atoms with E-state index in [-0.39, 0.29) is 10.6 Å². The van der Waals surface area contributed by atoms with Gasteiger partial charge in [-0.1, -0.05) is 0 Å². The van der Waals surface area contributed by atoms with Crippen LogP contribution >= 0.6 is 15.9 Å². The molecule has 0 radical (unpaired) electrons. The second-order valence-corrected chi connectivity index (χ2v) is 5.98. The van der Waals surface area contributed by atoms with Crippen LogP contribution < -0.4 is 10.2 Å². The zero-order chi connectivity index (χ0) is 15.2. The molecule has 1 aliphatic rings. The van der Waals surface area contributed by atoms with Gasteiger partial charge in [0.15, 0.2) is 0 Å². The first-order valence-corrected chi connectivity index (χ1v) is 7.82. The zero-order valence-electron chi connectivity index (χ0n) is 12.0. The Labute approximate surface area is 132 Å². The van der Waals surface area contributed by atoms with Gasteiger partial charge in [-0.2, -0.15) is 0 Å². The predicted molar refractivity (Wildman–Crippen MR) is 85.9 cm³/mol. The number of nitrogens with zero attached hydrogens (tertiary/aromatic N) is 2. The Kier molecular flexibility index (Phi) is 5.96. The maximum absolute atomic E-state index is 10.8. The molecular formula is C14H20BrN3O3. The molecule has 0 aliphatic carbocycles. The second kappa shape index (κ2) is 7.72. The highest BCUT2D eigenvalue weighted by atomic mass is 79.9. The van der Waals surface area contributed by atoms with Crippen LogP contribution in [0.25, 0.3) is 0 Å². The summed E-state index contributed by atoms with van der Waals surface area (Å²) in [5.74, 6) is 0. The molecule has 1 saturated heterocycles. The molecule has 2 rings (SSSR count). The number of halogens is 1. The van der Waals surface area contributed by atoms with Crippen LogP contribution in [0.15, 0.2) is 22.7 Å². The molecule has 116 valence electrons. The van der Waals surface area contributed by atoms with Crippen molar-refractivity contribution in [3.63, 3.8) is 0 Å². The fourth-order valence-corrected chi connectivity index (χ4v) is 3.17. The standard InChI is InChI=1S/C14H20BrN3O3/c1-21-8-7-17(10-11-3-2-6-16-11)14-5-4-12(18(19)20)9-13(14)15/h4-5,9,11,16H,2-3,6-8,10H2,1H3. The van der Waals surface area contributed by atoms with Crippen molar-refractivity contribution in [2.75, 3.05) is 38.3 Å². The van der Waals surface area contributed by atoms with Gasteiger partial charge in [0.2, 0.25) is 0 Å². The van der Waals surface area contributed by atoms with Crippen LogP contribution in [0.3, 0.4) is 0 Å². The van der Waals surface area contributed by atoms with Gasteiger partial charge < -0.3 is 15.0 Å². The minimum Gasteiger partial charge on any atom is -0.383 e. The number of nitrogens with one attached hydrogen (secondary N) is 1. The van der Waals surface area contributed by atoms with Crippen molar-refractivity contribution in [1.82, 2.24) is 5.32 Å². The van der Waals surface area contributed by atoms with Crippen molar-refractivity contribution >= 4 is 27.3 Å². The maximum atomic E-state index is 10.8. The minimum atomic E-state index is -0.382. The predicted octanol–water partition coefficient (Wildman–Crippen LogP) is 2.56. The highest BCUT2D eigenvalue weighted by Gasteiger charge is 2.20. The number of methoxy groups -OCH3 is 1. The lowest BCUT2D eigenvalue weighted by Gasteiger charge is -2.28. The van der Waals surface area contributed by atoms with Gasteiger partial charge in [0.25, 0.3) is 5.69 Å². The zero-order valence-corrected chi connectivity index (χ0v) is 13.6. The first kappa shape index (κ1) is 16.2. The summed E-state index contributed by atoms with van der Waals surface area (Å²) in [4.78, 5) is 12.7. The Morgan fingerprint density at radius 3 is 2.95 bits per heavy atom. The normalized spacial score (nSPS) is 17.9. The Bertz CT molecular complexity index is 492. The molecule has 0 bridgehead atoms. The third-order valence-corrected chi connectivity index (χ3v) is 4.29. The Balaban J connectivity index is 2.16. The van der Waals surface area contributed by atoms with E-state index in [4.69, 9.17) is 4.74 Å². The average molecular weight is 358 g/mol. The molecule has 6 nitrogen and oxygen atoms in total. The molecule has 1 fully saturated rings. The van der Waals surface area contributed by atoms with E-state index >= 15 is 0 Å². The summed E-state index contributed by atoms with van der Waals surface area (Å²) < 4.78 is 5.92. The molecule has 1 aromatic rings. The number of nitro benzene ring substituents is 1. The Morgan fingerprint density at radius 1 is 1.57 bits per heavy atom. The summed E-state index contributed by atoms with van der Waals surface area (Å²) in [6, 6.07) is 5.36. The van der Waals surface area contributed by atoms with Gasteiger partial charge in [0.1, 0.15) is 0 Å². The van der Waals surface area contributed by atoms with E-state index in [1.165, 1.54) is 6.42 Å². The third-order valence-electron chi connectivity index (χ3n) is 3.65. The van der Waals surface area contributed by atoms with Gasteiger partial charge in [-0.3, -0.25) is 10.1 Å². The molecular weight excluding hydrogens is 338 g/mol. The lowest BCUT2D eigenvalue weighted by molar-refractivity contribution is -0.384. The molecule has 21 heavy (non-hydrogen) atoms. The number of nitro groups is 1. The number of hydrogen-bond donors (Lipinski definition) is 1. The maximum Gasteiger partial charge on any atom is 0.270 e. The van der Waals surface area contributed by atoms with Crippen LogP contribution in [-0.2, 0) is 4.74 Å². The smallest absolute Gasteiger partial charge is 0.270 e. The third kappa shape index (κ3) is 4.39. The van der Waals surface area contributed by atoms with Crippen LogP contribution in [0.1, 0.15) is 12.8 Å². The second-order valence-electron chi connectivity index (χ2n) is 5.12. The highest BCUT2D eigenvalue weighted by molar-refractivity contribution is 9.10. The van der Waals surface area contributed by atoms with Gasteiger partial charge in [-0.15, -0.1) is 0 Å². The van der Waals surface area contributed by atoms with Crippen molar-refractivity contribution in [3.8, 4) is 0 Å². The van der Waals surface area contributed by atoms with Crippen molar-refractivity contribution < 1.29 is 9.66 Å². The molecule has 1 heterocycles. The lowest BCUT2D eigenvalue weighted by Crippen LogP contribution is -2.39. The van der Waals surface area contributed by atoms with Crippen molar-refractivity contribution in [3.05, 3.63) is 32.8 Å². The van der Waals surface area contributed by atoms with Crippen molar-refractivity contribution in [1.29, 1.82) is 0 Å². The topological polar surface area (TPSA) is 67.6 Å². The van der Waals surface area contributed by atoms with E-state index in [1.807, 2.05) is 0 Å². The molecule has 0 aromatic heterocycles. The Morgan fingerprint density at radius 2 is 2.38 bits per heavy atom. The van der Waals surface area contributed by atoms with Crippen LogP contribution in [0, 0.1) is 10.1 Å². The van der Waals surface area contributed by atoms with Crippen molar-refractivity contribution in [2.45, 2.75) is 18.9 Å². The molecule has 1 aromatic carbocycles. The summed E-state index contributed by atoms with van der Waals surface area (Å²) in [5, 5.41) is 14.3. The lowest BCUT2D eigenvalue weighted by atomic mass is 10.2. The van der Waals surface area contributed by atoms with E-state index in [0.29, 0.717) is 12.6 Å². The first-order valence-electron chi connectivity index (χ1n) is 7.03. The van der Waals surface area contributed by atoms with E-state index in [1.54, 1.807) is 25.3 Å². The fourth-order valence-electron chi connectivity index (χ4n) is 2.56. The van der Waals surface area contributed by atoms with E-state index in [2.05, 4.69) is 26.1 Å². The molecule has 7 heteroatoms. The minimum absolute atomic E-state index is 0.0938. The molecule has 1 atom stereocenters. The summed E-state index contributed by atoms with van der Waals surface area (Å²) in [6.07, 6.45) is 2.36. The van der Waals surface area contributed by atoms with Gasteiger partial charge >= 0.3 is 0 Å². The molecule has 0 amide bonds. The number of ether oxygens (including phenoxy) is 1. The molecule has 1 aliphatic heterocycles. The van der Waals surface area contributed by atoms with Crippen LogP contribution in [0.2, 0.25) is 0 Å². The monoisotopic (exact) mass is 357 g/mol. The fraction of sp³-hybridized carbons (Fsp3) is 0.571. The highest BCUT2D eigenvalue weighted by Crippen LogP contribution is 2.30. The largest absolute Gasteiger partial charge is 0.383 e. The summed E-state index contributed by atoms with van der Waals surface area (Å²) in [7, 11) is 1.68. The quantitative estimate of drug-likeness (QED) is 0.599. The molecule has 1 unspecified atom stereocenters. The molecule has 1 N–H and O–H groups in total. The van der Waals surface area contributed by atoms with Gasteiger partial charge in [-0.25, -0.2) is 0 Å². The SMILES string of the molecule is COCCN(CC1CCCN1)c1ccc([N+](=O)[O-])cc1Br. The van der Waals surface area contributed by atoms with Gasteiger partial charge in [0, 0.05) is 42.8 Å². The number of non-ortho nitro benzene ring substituents is 1. The molecule has 0 spiro atoms. The average Bonchev–Trinajstić information content (AvgIpc) is 2.96. The summed E-state index contributed by atoms with van der Waals surface area (Å²) in [5.41, 5.74) is 1.06. The van der Waals surface area contributed by atoms with Crippen LogP contribution in [-0.4, -0.2) is 44.3 Å². The van der Waals surface area contributed by atoms with Gasteiger partial charge in [0.05, 0.1) is 17.2 Å². The van der Waals surface area contributed by atoms with Crippen molar-refractivity contribution in [2.24, 2.45) is 0 Å².